The van der Waals surface area contributed by atoms with Gasteiger partial charge in [-0.15, -0.1) is 0 Å². The maximum atomic E-state index is 12.4. The van der Waals surface area contributed by atoms with E-state index < -0.39 is 0 Å². The van der Waals surface area contributed by atoms with Crippen LogP contribution in [0.3, 0.4) is 0 Å². The van der Waals surface area contributed by atoms with Crippen LogP contribution in [0.5, 0.6) is 0 Å². The van der Waals surface area contributed by atoms with Gasteiger partial charge >= 0.3 is 0 Å². The van der Waals surface area contributed by atoms with Gasteiger partial charge < -0.3 is 9.88 Å². The number of anilines is 1. The molecule has 7 heteroatoms. The predicted octanol–water partition coefficient (Wildman–Crippen LogP) is 5.11. The average molecular weight is 408 g/mol. The molecule has 1 heterocycles. The molecule has 0 aliphatic carbocycles. The van der Waals surface area contributed by atoms with Gasteiger partial charge in [-0.2, -0.15) is 0 Å². The smallest absolute Gasteiger partial charge is 0.257 e. The molecule has 2 aromatic carbocycles. The Bertz CT molecular complexity index is 994. The molecule has 0 aliphatic rings. The fourth-order valence-corrected chi connectivity index (χ4v) is 3.02. The highest BCUT2D eigenvalue weighted by Crippen LogP contribution is 2.24. The van der Waals surface area contributed by atoms with Crippen molar-refractivity contribution in [2.24, 2.45) is 0 Å². The Labute approximate surface area is 164 Å². The third-order valence-corrected chi connectivity index (χ3v) is 4.70. The van der Waals surface area contributed by atoms with Crippen molar-refractivity contribution < 1.29 is 4.79 Å². The fraction of sp³-hybridized carbons (Fsp3) is 0.0526. The molecular formula is C19H13Cl3N2O2. The first-order chi connectivity index (χ1) is 12.4. The molecule has 0 unspecified atom stereocenters. The van der Waals surface area contributed by atoms with Crippen LogP contribution in [-0.2, 0) is 6.54 Å². The first kappa shape index (κ1) is 18.5. The van der Waals surface area contributed by atoms with E-state index in [-0.39, 0.29) is 18.0 Å². The highest BCUT2D eigenvalue weighted by atomic mass is 35.5. The number of carbonyl (C=O) groups is 1. The van der Waals surface area contributed by atoms with Gasteiger partial charge in [0.05, 0.1) is 12.1 Å². The van der Waals surface area contributed by atoms with Crippen molar-refractivity contribution in [1.29, 1.82) is 0 Å². The summed E-state index contributed by atoms with van der Waals surface area (Å²) in [6.07, 6.45) is 1.48. The molecule has 0 aliphatic heterocycles. The van der Waals surface area contributed by atoms with Gasteiger partial charge in [0.1, 0.15) is 0 Å². The van der Waals surface area contributed by atoms with E-state index in [9.17, 15) is 9.59 Å². The molecule has 0 saturated carbocycles. The van der Waals surface area contributed by atoms with Crippen molar-refractivity contribution in [1.82, 2.24) is 4.57 Å². The summed E-state index contributed by atoms with van der Waals surface area (Å²) in [7, 11) is 0. The lowest BCUT2D eigenvalue weighted by Crippen LogP contribution is -2.22. The number of aromatic nitrogens is 1. The van der Waals surface area contributed by atoms with Crippen LogP contribution >= 0.6 is 34.8 Å². The molecule has 1 aromatic heterocycles. The minimum absolute atomic E-state index is 0.166. The molecule has 3 rings (SSSR count). The minimum Gasteiger partial charge on any atom is -0.322 e. The number of amides is 1. The second kappa shape index (κ2) is 7.96. The molecular weight excluding hydrogens is 395 g/mol. The van der Waals surface area contributed by atoms with Gasteiger partial charge in [-0.25, -0.2) is 0 Å². The first-order valence-electron chi connectivity index (χ1n) is 7.64. The maximum Gasteiger partial charge on any atom is 0.257 e. The molecule has 0 fully saturated rings. The van der Waals surface area contributed by atoms with Gasteiger partial charge in [0.15, 0.2) is 0 Å². The summed E-state index contributed by atoms with van der Waals surface area (Å²) in [5, 5.41) is 4.25. The number of nitrogens with zero attached hydrogens (tertiary/aromatic N) is 1. The average Bonchev–Trinajstić information content (AvgIpc) is 2.61. The largest absolute Gasteiger partial charge is 0.322 e. The maximum absolute atomic E-state index is 12.4. The predicted molar refractivity (Wildman–Crippen MR) is 106 cm³/mol. The Hall–Kier alpha value is -2.27. The van der Waals surface area contributed by atoms with E-state index >= 15 is 0 Å². The minimum atomic E-state index is -0.341. The second-order valence-electron chi connectivity index (χ2n) is 5.55. The van der Waals surface area contributed by atoms with E-state index in [0.717, 1.165) is 0 Å². The number of benzene rings is 2. The third kappa shape index (κ3) is 4.28. The van der Waals surface area contributed by atoms with Crippen molar-refractivity contribution in [3.8, 4) is 0 Å². The fourth-order valence-electron chi connectivity index (χ4n) is 2.38. The Kier molecular flexibility index (Phi) is 5.67. The summed E-state index contributed by atoms with van der Waals surface area (Å²) >= 11 is 18.2. The SMILES string of the molecule is O=C(Nc1ccc(Cl)cc1)c1ccc(=O)n(Cc2c(Cl)cccc2Cl)c1. The summed E-state index contributed by atoms with van der Waals surface area (Å²) in [5.41, 5.74) is 1.30. The lowest BCUT2D eigenvalue weighted by atomic mass is 10.2. The molecule has 0 spiro atoms. The van der Waals surface area contributed by atoms with Gasteiger partial charge in [-0.1, -0.05) is 40.9 Å². The molecule has 0 bridgehead atoms. The number of rotatable bonds is 4. The van der Waals surface area contributed by atoms with Crippen molar-refractivity contribution in [2.45, 2.75) is 6.54 Å². The lowest BCUT2D eigenvalue weighted by Gasteiger charge is -2.11. The topological polar surface area (TPSA) is 51.1 Å². The van der Waals surface area contributed by atoms with Crippen LogP contribution in [0.15, 0.2) is 65.6 Å². The van der Waals surface area contributed by atoms with E-state index in [1.54, 1.807) is 42.5 Å². The van der Waals surface area contributed by atoms with Gasteiger partial charge in [0, 0.05) is 38.6 Å². The van der Waals surface area contributed by atoms with Crippen LogP contribution in [0.4, 0.5) is 5.69 Å². The summed E-state index contributed by atoms with van der Waals surface area (Å²) in [6, 6.07) is 14.7. The molecule has 1 N–H and O–H groups in total. The number of pyridine rings is 1. The van der Waals surface area contributed by atoms with E-state index in [0.29, 0.717) is 31.9 Å². The van der Waals surface area contributed by atoms with Crippen molar-refractivity contribution in [3.05, 3.63) is 97.3 Å². The van der Waals surface area contributed by atoms with E-state index in [4.69, 9.17) is 34.8 Å². The zero-order chi connectivity index (χ0) is 18.7. The zero-order valence-electron chi connectivity index (χ0n) is 13.4. The number of hydrogen-bond acceptors (Lipinski definition) is 2. The number of carbonyl (C=O) groups excluding carboxylic acids is 1. The molecule has 0 saturated heterocycles. The van der Waals surface area contributed by atoms with Crippen LogP contribution in [0.25, 0.3) is 0 Å². The van der Waals surface area contributed by atoms with E-state index in [1.807, 2.05) is 0 Å². The number of hydrogen-bond donors (Lipinski definition) is 1. The summed E-state index contributed by atoms with van der Waals surface area (Å²) in [4.78, 5) is 24.6. The molecule has 3 aromatic rings. The van der Waals surface area contributed by atoms with Crippen LogP contribution in [0.2, 0.25) is 15.1 Å². The highest BCUT2D eigenvalue weighted by molar-refractivity contribution is 6.36. The number of nitrogens with one attached hydrogen (secondary N) is 1. The highest BCUT2D eigenvalue weighted by Gasteiger charge is 2.11. The number of halogens is 3. The van der Waals surface area contributed by atoms with Gasteiger partial charge in [0.2, 0.25) is 0 Å². The standard InChI is InChI=1S/C19H13Cl3N2O2/c20-13-5-7-14(8-6-13)23-19(26)12-4-9-18(25)24(10-12)11-15-16(21)2-1-3-17(15)22/h1-10H,11H2,(H,23,26). The van der Waals surface area contributed by atoms with Gasteiger partial charge in [0.25, 0.3) is 11.5 Å². The van der Waals surface area contributed by atoms with Gasteiger partial charge in [-0.05, 0) is 42.5 Å². The van der Waals surface area contributed by atoms with Crippen LogP contribution in [0.1, 0.15) is 15.9 Å². The van der Waals surface area contributed by atoms with Crippen LogP contribution in [-0.4, -0.2) is 10.5 Å². The monoisotopic (exact) mass is 406 g/mol. The van der Waals surface area contributed by atoms with E-state index in [2.05, 4.69) is 5.32 Å². The molecule has 4 nitrogen and oxygen atoms in total. The van der Waals surface area contributed by atoms with E-state index in [1.165, 1.54) is 22.9 Å². The van der Waals surface area contributed by atoms with Gasteiger partial charge in [-0.3, -0.25) is 9.59 Å². The van der Waals surface area contributed by atoms with Crippen LogP contribution < -0.4 is 10.9 Å². The summed E-state index contributed by atoms with van der Waals surface area (Å²) in [6.45, 7) is 0.166. The zero-order valence-corrected chi connectivity index (χ0v) is 15.6. The normalized spacial score (nSPS) is 10.6. The molecule has 1 amide bonds. The molecule has 132 valence electrons. The Morgan fingerprint density at radius 2 is 1.58 bits per heavy atom. The first-order valence-corrected chi connectivity index (χ1v) is 8.78. The van der Waals surface area contributed by atoms with Crippen LogP contribution in [0, 0.1) is 0 Å². The Balaban J connectivity index is 1.86. The quantitative estimate of drug-likeness (QED) is 0.653. The third-order valence-electron chi connectivity index (χ3n) is 3.74. The lowest BCUT2D eigenvalue weighted by molar-refractivity contribution is 0.102. The van der Waals surface area contributed by atoms with Crippen molar-refractivity contribution in [2.75, 3.05) is 5.32 Å². The second-order valence-corrected chi connectivity index (χ2v) is 6.80. The Morgan fingerprint density at radius 3 is 2.23 bits per heavy atom. The van der Waals surface area contributed by atoms with Crippen molar-refractivity contribution >= 4 is 46.4 Å². The summed E-state index contributed by atoms with van der Waals surface area (Å²) in [5.74, 6) is -0.341. The Morgan fingerprint density at radius 1 is 0.923 bits per heavy atom. The molecule has 0 atom stereocenters. The van der Waals surface area contributed by atoms with Crippen molar-refractivity contribution in [3.63, 3.8) is 0 Å². The summed E-state index contributed by atoms with van der Waals surface area (Å²) < 4.78 is 1.39. The molecule has 26 heavy (non-hydrogen) atoms. The molecule has 0 radical (unpaired) electrons.